The molecule has 16 heavy (non-hydrogen) atoms. The minimum atomic E-state index is 0.350. The summed E-state index contributed by atoms with van der Waals surface area (Å²) in [5, 5.41) is 0. The maximum absolute atomic E-state index is 5.80. The van der Waals surface area contributed by atoms with Gasteiger partial charge in [0.25, 0.3) is 0 Å². The Labute approximate surface area is 96.3 Å². The van der Waals surface area contributed by atoms with Crippen molar-refractivity contribution >= 4 is 5.84 Å². The summed E-state index contributed by atoms with van der Waals surface area (Å²) in [5.74, 6) is 2.13. The topological polar surface area (TPSA) is 47.6 Å². The first-order chi connectivity index (χ1) is 7.69. The van der Waals surface area contributed by atoms with Gasteiger partial charge in [-0.2, -0.15) is 0 Å². The van der Waals surface area contributed by atoms with Crippen LogP contribution < -0.4 is 10.5 Å². The summed E-state index contributed by atoms with van der Waals surface area (Å²) in [5.41, 5.74) is 7.09. The fourth-order valence-corrected chi connectivity index (χ4v) is 2.08. The molecule has 1 aromatic rings. The average Bonchev–Trinajstić information content (AvgIpc) is 2.59. The lowest BCUT2D eigenvalue weighted by Crippen LogP contribution is -2.15. The van der Waals surface area contributed by atoms with Crippen molar-refractivity contribution < 1.29 is 4.74 Å². The highest BCUT2D eigenvalue weighted by Crippen LogP contribution is 2.22. The summed E-state index contributed by atoms with van der Waals surface area (Å²) in [6.45, 7) is 2.13. The fraction of sp³-hybridized carbons (Fsp3) is 0.462. The van der Waals surface area contributed by atoms with Crippen molar-refractivity contribution in [2.24, 2.45) is 16.6 Å². The third kappa shape index (κ3) is 2.35. The van der Waals surface area contributed by atoms with Gasteiger partial charge in [-0.1, -0.05) is 19.1 Å². The Morgan fingerprint density at radius 3 is 2.56 bits per heavy atom. The predicted molar refractivity (Wildman–Crippen MR) is 65.9 cm³/mol. The lowest BCUT2D eigenvalue weighted by molar-refractivity contribution is 0.414. The molecule has 2 rings (SSSR count). The first-order valence-corrected chi connectivity index (χ1v) is 5.65. The highest BCUT2D eigenvalue weighted by molar-refractivity contribution is 5.84. The smallest absolute Gasteiger partial charge is 0.118 e. The monoisotopic (exact) mass is 218 g/mol. The predicted octanol–water partition coefficient (Wildman–Crippen LogP) is 2.00. The molecular formula is C13H18N2O. The van der Waals surface area contributed by atoms with Crippen molar-refractivity contribution in [2.45, 2.75) is 25.8 Å². The molecule has 3 nitrogen and oxygen atoms in total. The number of nitrogens with zero attached hydrogens (tertiary/aromatic N) is 1. The van der Waals surface area contributed by atoms with Crippen LogP contribution in [0, 0.1) is 5.92 Å². The van der Waals surface area contributed by atoms with E-state index < -0.39 is 0 Å². The number of benzene rings is 1. The number of hydrogen-bond donors (Lipinski definition) is 1. The zero-order valence-electron chi connectivity index (χ0n) is 9.81. The van der Waals surface area contributed by atoms with Gasteiger partial charge in [0, 0.05) is 5.92 Å². The summed E-state index contributed by atoms with van der Waals surface area (Å²) in [6, 6.07) is 8.51. The Kier molecular flexibility index (Phi) is 3.13. The lowest BCUT2D eigenvalue weighted by Gasteiger charge is -2.08. The molecule has 0 aliphatic carbocycles. The van der Waals surface area contributed by atoms with Gasteiger partial charge in [-0.25, -0.2) is 0 Å². The van der Waals surface area contributed by atoms with Gasteiger partial charge in [-0.05, 0) is 30.5 Å². The average molecular weight is 218 g/mol. The van der Waals surface area contributed by atoms with Crippen LogP contribution in [0.3, 0.4) is 0 Å². The summed E-state index contributed by atoms with van der Waals surface area (Å²) < 4.78 is 5.13. The zero-order chi connectivity index (χ0) is 11.5. The molecule has 86 valence electrons. The Balaban J connectivity index is 1.99. The molecule has 1 aliphatic heterocycles. The number of rotatable bonds is 3. The van der Waals surface area contributed by atoms with Gasteiger partial charge in [0.2, 0.25) is 0 Å². The van der Waals surface area contributed by atoms with Gasteiger partial charge in [-0.3, -0.25) is 4.99 Å². The number of methoxy groups -OCH3 is 1. The molecule has 0 saturated heterocycles. The molecule has 0 radical (unpaired) electrons. The van der Waals surface area contributed by atoms with Crippen LogP contribution in [-0.2, 0) is 6.42 Å². The van der Waals surface area contributed by atoms with E-state index in [2.05, 4.69) is 24.0 Å². The van der Waals surface area contributed by atoms with Crippen LogP contribution in [-0.4, -0.2) is 19.0 Å². The van der Waals surface area contributed by atoms with E-state index in [1.807, 2.05) is 12.1 Å². The highest BCUT2D eigenvalue weighted by atomic mass is 16.5. The van der Waals surface area contributed by atoms with E-state index in [1.165, 1.54) is 5.56 Å². The lowest BCUT2D eigenvalue weighted by atomic mass is 10.00. The molecule has 1 heterocycles. The van der Waals surface area contributed by atoms with Gasteiger partial charge < -0.3 is 10.5 Å². The van der Waals surface area contributed by atoms with Gasteiger partial charge in [0.05, 0.1) is 19.0 Å². The second kappa shape index (κ2) is 4.56. The van der Waals surface area contributed by atoms with Crippen LogP contribution in [0.5, 0.6) is 5.75 Å². The first kappa shape index (κ1) is 11.0. The van der Waals surface area contributed by atoms with Crippen molar-refractivity contribution in [3.63, 3.8) is 0 Å². The van der Waals surface area contributed by atoms with Crippen LogP contribution in [0.1, 0.15) is 18.9 Å². The number of ether oxygens (including phenoxy) is 1. The molecular weight excluding hydrogens is 200 g/mol. The van der Waals surface area contributed by atoms with Crippen LogP contribution in [0.25, 0.3) is 0 Å². The van der Waals surface area contributed by atoms with E-state index in [-0.39, 0.29) is 0 Å². The number of hydrogen-bond acceptors (Lipinski definition) is 3. The van der Waals surface area contributed by atoms with Gasteiger partial charge in [0.15, 0.2) is 0 Å². The minimum absolute atomic E-state index is 0.350. The van der Waals surface area contributed by atoms with E-state index in [9.17, 15) is 0 Å². The van der Waals surface area contributed by atoms with E-state index in [0.717, 1.165) is 24.4 Å². The number of aliphatic imine (C=N–C) groups is 1. The Hall–Kier alpha value is -1.51. The molecule has 0 amide bonds. The Bertz CT molecular complexity index is 383. The van der Waals surface area contributed by atoms with Crippen LogP contribution >= 0.6 is 0 Å². The first-order valence-electron chi connectivity index (χ1n) is 5.65. The third-order valence-corrected chi connectivity index (χ3v) is 3.09. The molecule has 0 saturated carbocycles. The second-order valence-corrected chi connectivity index (χ2v) is 4.40. The summed E-state index contributed by atoms with van der Waals surface area (Å²) in [7, 11) is 1.68. The van der Waals surface area contributed by atoms with E-state index in [1.54, 1.807) is 7.11 Å². The van der Waals surface area contributed by atoms with E-state index >= 15 is 0 Å². The van der Waals surface area contributed by atoms with Crippen LogP contribution in [0.2, 0.25) is 0 Å². The maximum Gasteiger partial charge on any atom is 0.118 e. The molecule has 1 aliphatic rings. The quantitative estimate of drug-likeness (QED) is 0.843. The molecule has 2 atom stereocenters. The van der Waals surface area contributed by atoms with Crippen molar-refractivity contribution in [3.8, 4) is 5.75 Å². The molecule has 0 bridgehead atoms. The molecule has 0 aromatic heterocycles. The van der Waals surface area contributed by atoms with Gasteiger partial charge in [-0.15, -0.1) is 0 Å². The standard InChI is InChI=1S/C13H18N2O/c1-9-7-11(15-13(9)14)8-10-3-5-12(16-2)6-4-10/h3-6,9,11H,7-8H2,1-2H3,(H2,14,15)/t9-,11-/m1/s1. The maximum atomic E-state index is 5.80. The largest absolute Gasteiger partial charge is 0.497 e. The van der Waals surface area contributed by atoms with E-state index in [4.69, 9.17) is 10.5 Å². The summed E-state index contributed by atoms with van der Waals surface area (Å²) in [6.07, 6.45) is 2.03. The number of nitrogens with two attached hydrogens (primary N) is 1. The molecule has 3 heteroatoms. The van der Waals surface area contributed by atoms with Crippen molar-refractivity contribution in [1.29, 1.82) is 0 Å². The van der Waals surface area contributed by atoms with Gasteiger partial charge in [0.1, 0.15) is 5.75 Å². The number of amidine groups is 1. The molecule has 1 aromatic carbocycles. The molecule has 0 spiro atoms. The van der Waals surface area contributed by atoms with Gasteiger partial charge >= 0.3 is 0 Å². The third-order valence-electron chi connectivity index (χ3n) is 3.09. The molecule has 0 fully saturated rings. The minimum Gasteiger partial charge on any atom is -0.497 e. The SMILES string of the molecule is COc1ccc(C[C@H]2C[C@@H](C)C(N)=N2)cc1. The molecule has 2 N–H and O–H groups in total. The Morgan fingerprint density at radius 2 is 2.06 bits per heavy atom. The normalized spacial score (nSPS) is 24.2. The summed E-state index contributed by atoms with van der Waals surface area (Å²) >= 11 is 0. The van der Waals surface area contributed by atoms with Crippen molar-refractivity contribution in [3.05, 3.63) is 29.8 Å². The van der Waals surface area contributed by atoms with Crippen LogP contribution in [0.4, 0.5) is 0 Å². The van der Waals surface area contributed by atoms with Crippen molar-refractivity contribution in [2.75, 3.05) is 7.11 Å². The van der Waals surface area contributed by atoms with E-state index in [0.29, 0.717) is 12.0 Å². The van der Waals surface area contributed by atoms with Crippen molar-refractivity contribution in [1.82, 2.24) is 0 Å². The van der Waals surface area contributed by atoms with Crippen LogP contribution in [0.15, 0.2) is 29.3 Å². The fourth-order valence-electron chi connectivity index (χ4n) is 2.08. The molecule has 0 unspecified atom stereocenters. The summed E-state index contributed by atoms with van der Waals surface area (Å²) in [4.78, 5) is 4.47. The zero-order valence-corrected chi connectivity index (χ0v) is 9.81. The second-order valence-electron chi connectivity index (χ2n) is 4.40. The highest BCUT2D eigenvalue weighted by Gasteiger charge is 2.22. The Morgan fingerprint density at radius 1 is 1.38 bits per heavy atom.